The van der Waals surface area contributed by atoms with Crippen LogP contribution < -0.4 is 0 Å². The largest absolute Gasteiger partial charge is 0.363 e. The van der Waals surface area contributed by atoms with Gasteiger partial charge in [-0.3, -0.25) is 4.79 Å². The van der Waals surface area contributed by atoms with Crippen molar-refractivity contribution in [3.8, 4) is 0 Å². The number of rotatable bonds is 3. The SMILES string of the molecule is CN1CC2(CCN(CCc3nccn3C)CC2)OCC1=O. The number of hydrogen-bond donors (Lipinski definition) is 0. The highest BCUT2D eigenvalue weighted by Crippen LogP contribution is 2.29. The number of likely N-dealkylation sites (tertiary alicyclic amines) is 1. The number of aromatic nitrogens is 2. The Labute approximate surface area is 125 Å². The van der Waals surface area contributed by atoms with Crippen molar-refractivity contribution in [3.63, 3.8) is 0 Å². The zero-order valence-electron chi connectivity index (χ0n) is 12.9. The van der Waals surface area contributed by atoms with Crippen LogP contribution in [0.1, 0.15) is 18.7 Å². The van der Waals surface area contributed by atoms with Crippen LogP contribution in [0.25, 0.3) is 0 Å². The molecule has 21 heavy (non-hydrogen) atoms. The van der Waals surface area contributed by atoms with E-state index in [-0.39, 0.29) is 18.1 Å². The minimum Gasteiger partial charge on any atom is -0.363 e. The fraction of sp³-hybridized carbons (Fsp3) is 0.733. The van der Waals surface area contributed by atoms with Crippen molar-refractivity contribution in [2.24, 2.45) is 7.05 Å². The minimum atomic E-state index is -0.109. The van der Waals surface area contributed by atoms with E-state index in [2.05, 4.69) is 14.5 Å². The maximum atomic E-state index is 11.5. The molecule has 1 aromatic rings. The highest BCUT2D eigenvalue weighted by atomic mass is 16.5. The lowest BCUT2D eigenvalue weighted by Crippen LogP contribution is -2.57. The standard InChI is InChI=1S/C15H24N4O2/c1-17-10-6-16-13(17)3-7-19-8-4-15(5-9-19)12-18(2)14(20)11-21-15/h6,10H,3-5,7-9,11-12H2,1-2H3. The van der Waals surface area contributed by atoms with Crippen LogP contribution in [0.4, 0.5) is 0 Å². The van der Waals surface area contributed by atoms with Gasteiger partial charge in [-0.1, -0.05) is 0 Å². The summed E-state index contributed by atoms with van der Waals surface area (Å²) in [6.45, 7) is 4.08. The number of nitrogens with zero attached hydrogens (tertiary/aromatic N) is 4. The molecule has 2 aliphatic heterocycles. The lowest BCUT2D eigenvalue weighted by Gasteiger charge is -2.46. The Kier molecular flexibility index (Phi) is 3.99. The number of hydrogen-bond acceptors (Lipinski definition) is 4. The fourth-order valence-electron chi connectivity index (χ4n) is 3.27. The predicted molar refractivity (Wildman–Crippen MR) is 78.9 cm³/mol. The highest BCUT2D eigenvalue weighted by molar-refractivity contribution is 5.78. The first kappa shape index (κ1) is 14.5. The van der Waals surface area contributed by atoms with Gasteiger partial charge in [-0.25, -0.2) is 4.98 Å². The maximum absolute atomic E-state index is 11.5. The lowest BCUT2D eigenvalue weighted by molar-refractivity contribution is -0.168. The van der Waals surface area contributed by atoms with Crippen LogP contribution in [0.5, 0.6) is 0 Å². The number of imidazole rings is 1. The van der Waals surface area contributed by atoms with Gasteiger partial charge in [-0.05, 0) is 12.8 Å². The minimum absolute atomic E-state index is 0.0952. The third-order valence-electron chi connectivity index (χ3n) is 4.79. The maximum Gasteiger partial charge on any atom is 0.248 e. The van der Waals surface area contributed by atoms with E-state index in [1.807, 2.05) is 31.4 Å². The zero-order valence-corrected chi connectivity index (χ0v) is 12.9. The van der Waals surface area contributed by atoms with E-state index < -0.39 is 0 Å². The van der Waals surface area contributed by atoms with Gasteiger partial charge in [0.25, 0.3) is 0 Å². The molecule has 0 aliphatic carbocycles. The van der Waals surface area contributed by atoms with Gasteiger partial charge in [0.2, 0.25) is 5.91 Å². The van der Waals surface area contributed by atoms with E-state index in [1.165, 1.54) is 0 Å². The van der Waals surface area contributed by atoms with Crippen LogP contribution in [0, 0.1) is 0 Å². The average Bonchev–Trinajstić information content (AvgIpc) is 2.88. The second-order valence-electron chi connectivity index (χ2n) is 6.27. The number of carbonyl (C=O) groups excluding carboxylic acids is 1. The van der Waals surface area contributed by atoms with Crippen molar-refractivity contribution in [2.45, 2.75) is 24.9 Å². The van der Waals surface area contributed by atoms with Gasteiger partial charge in [0.1, 0.15) is 12.4 Å². The highest BCUT2D eigenvalue weighted by Gasteiger charge is 2.40. The van der Waals surface area contributed by atoms with Crippen molar-refractivity contribution in [3.05, 3.63) is 18.2 Å². The van der Waals surface area contributed by atoms with E-state index in [0.717, 1.165) is 51.3 Å². The lowest BCUT2D eigenvalue weighted by atomic mass is 9.89. The summed E-state index contributed by atoms with van der Waals surface area (Å²) >= 11 is 0. The summed E-state index contributed by atoms with van der Waals surface area (Å²) in [6.07, 6.45) is 6.83. The molecule has 0 saturated carbocycles. The van der Waals surface area contributed by atoms with Gasteiger partial charge in [-0.2, -0.15) is 0 Å². The molecule has 116 valence electrons. The van der Waals surface area contributed by atoms with E-state index in [1.54, 1.807) is 0 Å². The number of morpholine rings is 1. The van der Waals surface area contributed by atoms with E-state index in [9.17, 15) is 4.79 Å². The fourth-order valence-corrected chi connectivity index (χ4v) is 3.27. The Morgan fingerprint density at radius 3 is 2.71 bits per heavy atom. The molecular formula is C15H24N4O2. The molecule has 0 atom stereocenters. The number of amides is 1. The quantitative estimate of drug-likeness (QED) is 0.803. The van der Waals surface area contributed by atoms with Gasteiger partial charge < -0.3 is 19.1 Å². The van der Waals surface area contributed by atoms with Gasteiger partial charge in [0, 0.05) is 59.1 Å². The summed E-state index contributed by atoms with van der Waals surface area (Å²) in [5, 5.41) is 0. The van der Waals surface area contributed by atoms with Crippen LogP contribution in [-0.2, 0) is 23.0 Å². The Bertz CT molecular complexity index is 506. The molecule has 1 spiro atoms. The predicted octanol–water partition coefficient (Wildman–Crippen LogP) is 0.286. The Hall–Kier alpha value is -1.40. The van der Waals surface area contributed by atoms with Gasteiger partial charge in [0.05, 0.1) is 5.60 Å². The summed E-state index contributed by atoms with van der Waals surface area (Å²) in [7, 11) is 3.91. The topological polar surface area (TPSA) is 50.6 Å². The summed E-state index contributed by atoms with van der Waals surface area (Å²) in [5.41, 5.74) is -0.109. The van der Waals surface area contributed by atoms with Gasteiger partial charge >= 0.3 is 0 Å². The van der Waals surface area contributed by atoms with Gasteiger partial charge in [0.15, 0.2) is 0 Å². The van der Waals surface area contributed by atoms with Crippen LogP contribution in [-0.4, -0.2) is 70.7 Å². The Morgan fingerprint density at radius 1 is 1.33 bits per heavy atom. The molecule has 2 fully saturated rings. The van der Waals surface area contributed by atoms with Crippen molar-refractivity contribution < 1.29 is 9.53 Å². The third-order valence-corrected chi connectivity index (χ3v) is 4.79. The van der Waals surface area contributed by atoms with E-state index in [4.69, 9.17) is 4.74 Å². The smallest absolute Gasteiger partial charge is 0.248 e. The molecule has 0 bridgehead atoms. The summed E-state index contributed by atoms with van der Waals surface area (Å²) in [6, 6.07) is 0. The van der Waals surface area contributed by atoms with Crippen molar-refractivity contribution in [1.82, 2.24) is 19.4 Å². The first-order valence-electron chi connectivity index (χ1n) is 7.64. The zero-order chi connectivity index (χ0) is 14.9. The number of likely N-dealkylation sites (N-methyl/N-ethyl adjacent to an activating group) is 1. The molecule has 0 unspecified atom stereocenters. The normalized spacial score (nSPS) is 23.0. The van der Waals surface area contributed by atoms with Crippen LogP contribution >= 0.6 is 0 Å². The Balaban J connectivity index is 1.49. The number of ether oxygens (including phenoxy) is 1. The average molecular weight is 292 g/mol. The molecule has 0 radical (unpaired) electrons. The van der Waals surface area contributed by atoms with Crippen LogP contribution in [0.2, 0.25) is 0 Å². The molecule has 6 heteroatoms. The molecule has 1 aromatic heterocycles. The number of carbonyl (C=O) groups is 1. The monoisotopic (exact) mass is 292 g/mol. The molecule has 6 nitrogen and oxygen atoms in total. The van der Waals surface area contributed by atoms with Crippen LogP contribution in [0.15, 0.2) is 12.4 Å². The molecule has 2 aliphatic rings. The van der Waals surface area contributed by atoms with E-state index in [0.29, 0.717) is 0 Å². The summed E-state index contributed by atoms with van der Waals surface area (Å²) in [5.74, 6) is 1.23. The Morgan fingerprint density at radius 2 is 2.10 bits per heavy atom. The van der Waals surface area contributed by atoms with Crippen molar-refractivity contribution in [1.29, 1.82) is 0 Å². The second-order valence-corrected chi connectivity index (χ2v) is 6.27. The van der Waals surface area contributed by atoms with E-state index >= 15 is 0 Å². The summed E-state index contributed by atoms with van der Waals surface area (Å²) < 4.78 is 7.95. The number of piperidine rings is 1. The molecule has 1 amide bonds. The number of aryl methyl sites for hydroxylation is 1. The molecule has 3 rings (SSSR count). The molecule has 3 heterocycles. The van der Waals surface area contributed by atoms with Crippen molar-refractivity contribution >= 4 is 5.91 Å². The van der Waals surface area contributed by atoms with Crippen LogP contribution in [0.3, 0.4) is 0 Å². The molecule has 2 saturated heterocycles. The molecule has 0 aromatic carbocycles. The first-order valence-corrected chi connectivity index (χ1v) is 7.64. The van der Waals surface area contributed by atoms with Gasteiger partial charge in [-0.15, -0.1) is 0 Å². The molecular weight excluding hydrogens is 268 g/mol. The third kappa shape index (κ3) is 3.11. The first-order chi connectivity index (χ1) is 10.1. The van der Waals surface area contributed by atoms with Crippen molar-refractivity contribution in [2.75, 3.05) is 39.8 Å². The molecule has 0 N–H and O–H groups in total. The second kappa shape index (κ2) is 5.77. The summed E-state index contributed by atoms with van der Waals surface area (Å²) in [4.78, 5) is 20.2.